The first kappa shape index (κ1) is 24.1. The molecule has 0 unspecified atom stereocenters. The molecule has 0 heterocycles. The molecule has 7 nitrogen and oxygen atoms in total. The van der Waals surface area contributed by atoms with Crippen LogP contribution in [-0.4, -0.2) is 25.5 Å². The van der Waals surface area contributed by atoms with Crippen molar-refractivity contribution in [3.63, 3.8) is 0 Å². The number of hydrogen-bond acceptors (Lipinski definition) is 5. The zero-order valence-corrected chi connectivity index (χ0v) is 19.2. The van der Waals surface area contributed by atoms with Crippen LogP contribution in [0, 0.1) is 25.2 Å². The normalized spacial score (nSPS) is 10.7. The fraction of sp³-hybridized carbons (Fsp3) is 0.148. The molecule has 2 amide bonds. The number of rotatable bonds is 8. The van der Waals surface area contributed by atoms with Gasteiger partial charge >= 0.3 is 0 Å². The molecule has 0 fully saturated rings. The van der Waals surface area contributed by atoms with E-state index in [0.717, 1.165) is 16.8 Å². The SMILES string of the molecule is COc1cc(/C=C(\C#N)C(=O)Nc2ccccc2)ccc1OCC(=O)Nc1cc(C)ccc1C. The van der Waals surface area contributed by atoms with Crippen LogP contribution in [0.2, 0.25) is 0 Å². The number of para-hydroxylation sites is 1. The lowest BCUT2D eigenvalue weighted by Crippen LogP contribution is -2.20. The summed E-state index contributed by atoms with van der Waals surface area (Å²) < 4.78 is 11.0. The van der Waals surface area contributed by atoms with Crippen molar-refractivity contribution in [2.45, 2.75) is 13.8 Å². The molecule has 0 aliphatic carbocycles. The molecule has 34 heavy (non-hydrogen) atoms. The number of nitriles is 1. The van der Waals surface area contributed by atoms with Crippen molar-refractivity contribution in [1.29, 1.82) is 5.26 Å². The maximum Gasteiger partial charge on any atom is 0.266 e. The summed E-state index contributed by atoms with van der Waals surface area (Å²) in [6.07, 6.45) is 1.46. The summed E-state index contributed by atoms with van der Waals surface area (Å²) in [5.41, 5.74) is 3.84. The van der Waals surface area contributed by atoms with Crippen LogP contribution in [0.5, 0.6) is 11.5 Å². The molecule has 2 N–H and O–H groups in total. The molecule has 0 aromatic heterocycles. The van der Waals surface area contributed by atoms with Crippen molar-refractivity contribution in [1.82, 2.24) is 0 Å². The average Bonchev–Trinajstić information content (AvgIpc) is 2.84. The van der Waals surface area contributed by atoms with Gasteiger partial charge in [-0.25, -0.2) is 0 Å². The molecule has 0 atom stereocenters. The van der Waals surface area contributed by atoms with Crippen molar-refractivity contribution in [3.05, 3.63) is 89.0 Å². The first-order valence-corrected chi connectivity index (χ1v) is 10.6. The minimum atomic E-state index is -0.517. The third-order valence-electron chi connectivity index (χ3n) is 4.92. The Kier molecular flexibility index (Phi) is 8.03. The molecule has 0 aliphatic rings. The van der Waals surface area contributed by atoms with Gasteiger partial charge in [-0.3, -0.25) is 9.59 Å². The van der Waals surface area contributed by atoms with E-state index in [2.05, 4.69) is 10.6 Å². The molecular weight excluding hydrogens is 430 g/mol. The van der Waals surface area contributed by atoms with Gasteiger partial charge in [-0.2, -0.15) is 5.26 Å². The summed E-state index contributed by atoms with van der Waals surface area (Å²) in [6.45, 7) is 3.66. The summed E-state index contributed by atoms with van der Waals surface area (Å²) in [5.74, 6) is -0.0859. The van der Waals surface area contributed by atoms with E-state index < -0.39 is 5.91 Å². The maximum atomic E-state index is 12.4. The summed E-state index contributed by atoms with van der Waals surface area (Å²) >= 11 is 0. The summed E-state index contributed by atoms with van der Waals surface area (Å²) in [6, 6.07) is 21.5. The second kappa shape index (κ2) is 11.3. The number of carbonyl (C=O) groups excluding carboxylic acids is 2. The van der Waals surface area contributed by atoms with Crippen molar-refractivity contribution >= 4 is 29.3 Å². The Hall–Kier alpha value is -4.57. The Labute approximate surface area is 198 Å². The van der Waals surface area contributed by atoms with E-state index in [1.54, 1.807) is 42.5 Å². The predicted molar refractivity (Wildman–Crippen MR) is 132 cm³/mol. The minimum Gasteiger partial charge on any atom is -0.493 e. The third-order valence-corrected chi connectivity index (χ3v) is 4.92. The highest BCUT2D eigenvalue weighted by Crippen LogP contribution is 2.29. The largest absolute Gasteiger partial charge is 0.493 e. The predicted octanol–water partition coefficient (Wildman–Crippen LogP) is 4.88. The minimum absolute atomic E-state index is 0.0625. The molecule has 0 spiro atoms. The Morgan fingerprint density at radius 1 is 0.971 bits per heavy atom. The van der Waals surface area contributed by atoms with Crippen molar-refractivity contribution < 1.29 is 19.1 Å². The maximum absolute atomic E-state index is 12.4. The molecule has 172 valence electrons. The lowest BCUT2D eigenvalue weighted by atomic mass is 10.1. The fourth-order valence-corrected chi connectivity index (χ4v) is 3.13. The van der Waals surface area contributed by atoms with Gasteiger partial charge in [0.25, 0.3) is 11.8 Å². The Bertz CT molecular complexity index is 1260. The van der Waals surface area contributed by atoms with E-state index in [1.807, 2.05) is 44.2 Å². The molecule has 0 bridgehead atoms. The van der Waals surface area contributed by atoms with Gasteiger partial charge in [0.15, 0.2) is 18.1 Å². The topological polar surface area (TPSA) is 100 Å². The molecule has 3 aromatic rings. The number of nitrogens with zero attached hydrogens (tertiary/aromatic N) is 1. The lowest BCUT2D eigenvalue weighted by Gasteiger charge is -2.13. The second-order valence-corrected chi connectivity index (χ2v) is 7.56. The lowest BCUT2D eigenvalue weighted by molar-refractivity contribution is -0.118. The van der Waals surface area contributed by atoms with E-state index >= 15 is 0 Å². The number of methoxy groups -OCH3 is 1. The number of aryl methyl sites for hydroxylation is 2. The molecule has 0 radical (unpaired) electrons. The quantitative estimate of drug-likeness (QED) is 0.373. The molecule has 3 rings (SSSR count). The molecule has 0 saturated heterocycles. The van der Waals surface area contributed by atoms with Gasteiger partial charge in [0.1, 0.15) is 11.6 Å². The van der Waals surface area contributed by atoms with Gasteiger partial charge in [0, 0.05) is 11.4 Å². The fourth-order valence-electron chi connectivity index (χ4n) is 3.13. The molecule has 3 aromatic carbocycles. The number of anilines is 2. The molecule has 0 saturated carbocycles. The number of ether oxygens (including phenoxy) is 2. The van der Waals surface area contributed by atoms with E-state index in [-0.39, 0.29) is 18.1 Å². The van der Waals surface area contributed by atoms with Crippen molar-refractivity contribution in [2.24, 2.45) is 0 Å². The van der Waals surface area contributed by atoms with Gasteiger partial charge in [-0.05, 0) is 66.9 Å². The average molecular weight is 456 g/mol. The number of benzene rings is 3. The van der Waals surface area contributed by atoms with Crippen LogP contribution in [0.25, 0.3) is 6.08 Å². The Morgan fingerprint density at radius 2 is 1.74 bits per heavy atom. The number of carbonyl (C=O) groups is 2. The van der Waals surface area contributed by atoms with Crippen LogP contribution in [0.4, 0.5) is 11.4 Å². The first-order valence-electron chi connectivity index (χ1n) is 10.6. The Balaban J connectivity index is 1.68. The standard InChI is InChI=1S/C27H25N3O4/c1-18-9-10-19(2)23(13-18)30-26(31)17-34-24-12-11-20(15-25(24)33-3)14-21(16-28)27(32)29-22-7-5-4-6-8-22/h4-15H,17H2,1-3H3,(H,29,32)(H,30,31)/b21-14+. The van der Waals surface area contributed by atoms with Crippen LogP contribution in [-0.2, 0) is 9.59 Å². The van der Waals surface area contributed by atoms with Crippen LogP contribution in [0.3, 0.4) is 0 Å². The highest BCUT2D eigenvalue weighted by molar-refractivity contribution is 6.09. The summed E-state index contributed by atoms with van der Waals surface area (Å²) in [7, 11) is 1.47. The molecule has 0 aliphatic heterocycles. The van der Waals surface area contributed by atoms with Crippen molar-refractivity contribution in [2.75, 3.05) is 24.4 Å². The van der Waals surface area contributed by atoms with E-state index in [9.17, 15) is 14.9 Å². The van der Waals surface area contributed by atoms with Gasteiger partial charge in [0.05, 0.1) is 7.11 Å². The summed E-state index contributed by atoms with van der Waals surface area (Å²) in [4.78, 5) is 24.8. The smallest absolute Gasteiger partial charge is 0.266 e. The van der Waals surface area contributed by atoms with Crippen LogP contribution < -0.4 is 20.1 Å². The van der Waals surface area contributed by atoms with Crippen LogP contribution >= 0.6 is 0 Å². The molecule has 7 heteroatoms. The van der Waals surface area contributed by atoms with E-state index in [4.69, 9.17) is 9.47 Å². The van der Waals surface area contributed by atoms with E-state index in [0.29, 0.717) is 22.7 Å². The highest BCUT2D eigenvalue weighted by atomic mass is 16.5. The zero-order valence-electron chi connectivity index (χ0n) is 19.2. The van der Waals surface area contributed by atoms with Crippen LogP contribution in [0.15, 0.2) is 72.3 Å². The van der Waals surface area contributed by atoms with Gasteiger partial charge in [-0.1, -0.05) is 36.4 Å². The third kappa shape index (κ3) is 6.47. The van der Waals surface area contributed by atoms with Gasteiger partial charge in [-0.15, -0.1) is 0 Å². The van der Waals surface area contributed by atoms with Crippen LogP contribution in [0.1, 0.15) is 16.7 Å². The number of nitrogens with one attached hydrogen (secondary N) is 2. The highest BCUT2D eigenvalue weighted by Gasteiger charge is 2.12. The number of hydrogen-bond donors (Lipinski definition) is 2. The molecular formula is C27H25N3O4. The zero-order chi connectivity index (χ0) is 24.5. The monoisotopic (exact) mass is 455 g/mol. The first-order chi connectivity index (χ1) is 16.4. The summed E-state index contributed by atoms with van der Waals surface area (Å²) in [5, 5.41) is 15.0. The van der Waals surface area contributed by atoms with Gasteiger partial charge in [0.2, 0.25) is 0 Å². The van der Waals surface area contributed by atoms with Crippen molar-refractivity contribution in [3.8, 4) is 17.6 Å². The second-order valence-electron chi connectivity index (χ2n) is 7.56. The Morgan fingerprint density at radius 3 is 2.44 bits per heavy atom. The van der Waals surface area contributed by atoms with Gasteiger partial charge < -0.3 is 20.1 Å². The van der Waals surface area contributed by atoms with E-state index in [1.165, 1.54) is 13.2 Å². The number of amides is 2.